The van der Waals surface area contributed by atoms with E-state index in [1.807, 2.05) is 0 Å². The van der Waals surface area contributed by atoms with E-state index in [0.717, 1.165) is 12.8 Å². The van der Waals surface area contributed by atoms with Crippen LogP contribution in [0.3, 0.4) is 0 Å². The molecule has 1 heterocycles. The lowest BCUT2D eigenvalue weighted by Gasteiger charge is -2.05. The van der Waals surface area contributed by atoms with Gasteiger partial charge in [-0.3, -0.25) is 0 Å². The number of hydrogen-bond acceptors (Lipinski definition) is 3. The molecule has 0 amide bonds. The van der Waals surface area contributed by atoms with Crippen molar-refractivity contribution >= 4 is 0 Å². The number of aromatic nitrogens is 3. The summed E-state index contributed by atoms with van der Waals surface area (Å²) in [5.74, 6) is 0. The first-order valence-electron chi connectivity index (χ1n) is 5.38. The molecule has 80 valence electrons. The van der Waals surface area contributed by atoms with Gasteiger partial charge in [0.2, 0.25) is 0 Å². The van der Waals surface area contributed by atoms with Gasteiger partial charge in [0.25, 0.3) is 0 Å². The first kappa shape index (κ1) is 11.2. The molecular formula is C10H19N3O. The number of hydrogen-bond donors (Lipinski definition) is 2. The van der Waals surface area contributed by atoms with Crippen LogP contribution in [0.1, 0.15) is 57.2 Å². The number of aromatic amines is 1. The minimum absolute atomic E-state index is 0.449. The number of H-pyrrole nitrogens is 1. The largest absolute Gasteiger partial charge is 0.387 e. The second-order valence-corrected chi connectivity index (χ2v) is 3.61. The Hall–Kier alpha value is -0.900. The van der Waals surface area contributed by atoms with Crippen molar-refractivity contribution in [3.63, 3.8) is 0 Å². The molecule has 0 spiro atoms. The van der Waals surface area contributed by atoms with Crippen LogP contribution < -0.4 is 0 Å². The summed E-state index contributed by atoms with van der Waals surface area (Å²) in [4.78, 5) is 0. The standard InChI is InChI=1S/C10H19N3O/c1-2-3-4-5-6-7-10(14)9-8-11-13-12-9/h8,10,14H,2-7H2,1H3,(H,11,12,13). The van der Waals surface area contributed by atoms with Crippen LogP contribution in [-0.2, 0) is 0 Å². The normalized spacial score (nSPS) is 13.0. The Bertz CT molecular complexity index is 223. The fraction of sp³-hybridized carbons (Fsp3) is 0.800. The Balaban J connectivity index is 2.07. The minimum atomic E-state index is -0.449. The van der Waals surface area contributed by atoms with E-state index < -0.39 is 6.10 Å². The molecule has 0 saturated heterocycles. The highest BCUT2D eigenvalue weighted by molar-refractivity contribution is 4.95. The predicted molar refractivity (Wildman–Crippen MR) is 54.7 cm³/mol. The Labute approximate surface area is 84.7 Å². The van der Waals surface area contributed by atoms with E-state index in [2.05, 4.69) is 22.3 Å². The zero-order valence-corrected chi connectivity index (χ0v) is 8.74. The maximum Gasteiger partial charge on any atom is 0.111 e. The number of nitrogens with zero attached hydrogens (tertiary/aromatic N) is 2. The molecule has 4 heteroatoms. The Morgan fingerprint density at radius 1 is 1.36 bits per heavy atom. The van der Waals surface area contributed by atoms with Crippen molar-refractivity contribution in [1.82, 2.24) is 15.4 Å². The first-order chi connectivity index (χ1) is 6.84. The van der Waals surface area contributed by atoms with Gasteiger partial charge in [-0.25, -0.2) is 0 Å². The maximum atomic E-state index is 9.64. The van der Waals surface area contributed by atoms with Gasteiger partial charge in [-0.1, -0.05) is 39.0 Å². The molecule has 0 aliphatic heterocycles. The van der Waals surface area contributed by atoms with Crippen molar-refractivity contribution in [3.05, 3.63) is 11.9 Å². The van der Waals surface area contributed by atoms with E-state index >= 15 is 0 Å². The highest BCUT2D eigenvalue weighted by Gasteiger charge is 2.08. The average molecular weight is 197 g/mol. The summed E-state index contributed by atoms with van der Waals surface area (Å²) in [5, 5.41) is 19.7. The predicted octanol–water partition coefficient (Wildman–Crippen LogP) is 2.20. The van der Waals surface area contributed by atoms with Crippen LogP contribution in [0.5, 0.6) is 0 Å². The number of aliphatic hydroxyl groups excluding tert-OH is 1. The fourth-order valence-electron chi connectivity index (χ4n) is 1.46. The summed E-state index contributed by atoms with van der Waals surface area (Å²) >= 11 is 0. The minimum Gasteiger partial charge on any atom is -0.387 e. The van der Waals surface area contributed by atoms with Crippen LogP contribution in [0.25, 0.3) is 0 Å². The molecule has 4 nitrogen and oxygen atoms in total. The van der Waals surface area contributed by atoms with E-state index in [4.69, 9.17) is 0 Å². The molecule has 1 rings (SSSR count). The molecule has 1 aromatic heterocycles. The molecule has 0 bridgehead atoms. The van der Waals surface area contributed by atoms with Crippen LogP contribution in [0.4, 0.5) is 0 Å². The van der Waals surface area contributed by atoms with E-state index in [9.17, 15) is 5.11 Å². The summed E-state index contributed by atoms with van der Waals surface area (Å²) in [6.07, 6.45) is 7.99. The highest BCUT2D eigenvalue weighted by Crippen LogP contribution is 2.16. The molecule has 0 aliphatic rings. The molecule has 1 atom stereocenters. The lowest BCUT2D eigenvalue weighted by molar-refractivity contribution is 0.158. The van der Waals surface area contributed by atoms with Gasteiger partial charge in [0.05, 0.1) is 12.3 Å². The highest BCUT2D eigenvalue weighted by atomic mass is 16.3. The quantitative estimate of drug-likeness (QED) is 0.659. The van der Waals surface area contributed by atoms with Crippen LogP contribution in [0.15, 0.2) is 6.20 Å². The zero-order chi connectivity index (χ0) is 10.2. The average Bonchev–Trinajstić information content (AvgIpc) is 2.70. The maximum absolute atomic E-state index is 9.64. The monoisotopic (exact) mass is 197 g/mol. The van der Waals surface area contributed by atoms with Crippen molar-refractivity contribution in [1.29, 1.82) is 0 Å². The van der Waals surface area contributed by atoms with E-state index in [-0.39, 0.29) is 0 Å². The lowest BCUT2D eigenvalue weighted by Crippen LogP contribution is -1.97. The van der Waals surface area contributed by atoms with Crippen molar-refractivity contribution in [2.24, 2.45) is 0 Å². The summed E-state index contributed by atoms with van der Waals surface area (Å²) in [6, 6.07) is 0. The molecule has 0 aromatic carbocycles. The molecule has 0 fully saturated rings. The molecule has 1 unspecified atom stereocenters. The number of rotatable bonds is 7. The van der Waals surface area contributed by atoms with Gasteiger partial charge < -0.3 is 5.11 Å². The van der Waals surface area contributed by atoms with E-state index in [0.29, 0.717) is 5.69 Å². The Morgan fingerprint density at radius 3 is 2.79 bits per heavy atom. The van der Waals surface area contributed by atoms with Crippen LogP contribution in [0.2, 0.25) is 0 Å². The first-order valence-corrected chi connectivity index (χ1v) is 5.38. The molecule has 2 N–H and O–H groups in total. The summed E-state index contributed by atoms with van der Waals surface area (Å²) in [5.41, 5.74) is 0.653. The molecular weight excluding hydrogens is 178 g/mol. The SMILES string of the molecule is CCCCCCCC(O)c1cn[nH]n1. The van der Waals surface area contributed by atoms with Crippen molar-refractivity contribution in [2.45, 2.75) is 51.6 Å². The van der Waals surface area contributed by atoms with Gasteiger partial charge >= 0.3 is 0 Å². The summed E-state index contributed by atoms with van der Waals surface area (Å²) in [7, 11) is 0. The van der Waals surface area contributed by atoms with Crippen molar-refractivity contribution in [3.8, 4) is 0 Å². The third kappa shape index (κ3) is 3.87. The molecule has 0 radical (unpaired) electrons. The number of unbranched alkanes of at least 4 members (excludes halogenated alkanes) is 4. The molecule has 0 aliphatic carbocycles. The summed E-state index contributed by atoms with van der Waals surface area (Å²) < 4.78 is 0. The van der Waals surface area contributed by atoms with Gasteiger partial charge in [-0.05, 0) is 6.42 Å². The van der Waals surface area contributed by atoms with Crippen molar-refractivity contribution in [2.75, 3.05) is 0 Å². The third-order valence-electron chi connectivity index (χ3n) is 2.36. The van der Waals surface area contributed by atoms with Crippen LogP contribution in [0, 0.1) is 0 Å². The molecule has 0 saturated carbocycles. The van der Waals surface area contributed by atoms with Gasteiger partial charge in [-0.15, -0.1) is 0 Å². The fourth-order valence-corrected chi connectivity index (χ4v) is 1.46. The number of aliphatic hydroxyl groups is 1. The molecule has 14 heavy (non-hydrogen) atoms. The summed E-state index contributed by atoms with van der Waals surface area (Å²) in [6.45, 7) is 2.20. The van der Waals surface area contributed by atoms with E-state index in [1.54, 1.807) is 6.20 Å². The second kappa shape index (κ2) is 6.54. The third-order valence-corrected chi connectivity index (χ3v) is 2.36. The van der Waals surface area contributed by atoms with Gasteiger partial charge in [0, 0.05) is 0 Å². The Kier molecular flexibility index (Phi) is 5.22. The zero-order valence-electron chi connectivity index (χ0n) is 8.74. The number of nitrogens with one attached hydrogen (secondary N) is 1. The topological polar surface area (TPSA) is 61.8 Å². The van der Waals surface area contributed by atoms with Gasteiger partial charge in [0.15, 0.2) is 0 Å². The van der Waals surface area contributed by atoms with Gasteiger partial charge in [0.1, 0.15) is 5.69 Å². The van der Waals surface area contributed by atoms with Crippen molar-refractivity contribution < 1.29 is 5.11 Å². The molecule has 1 aromatic rings. The van der Waals surface area contributed by atoms with Gasteiger partial charge in [-0.2, -0.15) is 15.4 Å². The smallest absolute Gasteiger partial charge is 0.111 e. The second-order valence-electron chi connectivity index (χ2n) is 3.61. The van der Waals surface area contributed by atoms with Crippen LogP contribution >= 0.6 is 0 Å². The van der Waals surface area contributed by atoms with E-state index in [1.165, 1.54) is 25.7 Å². The van der Waals surface area contributed by atoms with Crippen LogP contribution in [-0.4, -0.2) is 20.5 Å². The Morgan fingerprint density at radius 2 is 2.14 bits per heavy atom. The lowest BCUT2D eigenvalue weighted by atomic mass is 10.1.